The van der Waals surface area contributed by atoms with Gasteiger partial charge in [-0.3, -0.25) is 0 Å². The summed E-state index contributed by atoms with van der Waals surface area (Å²) in [7, 11) is -2.20. The van der Waals surface area contributed by atoms with Crippen LogP contribution in [-0.4, -0.2) is 28.4 Å². The highest BCUT2D eigenvalue weighted by atomic mass is 32.2. The molecule has 0 heterocycles. The maximum atomic E-state index is 12.0. The molecule has 0 aliphatic heterocycles. The van der Waals surface area contributed by atoms with E-state index in [1.807, 2.05) is 4.72 Å². The van der Waals surface area contributed by atoms with Gasteiger partial charge in [0.2, 0.25) is 10.0 Å². The standard InChI is InChI=1S/C10H14F2N2O2S/c1-13-6-8-4-2-3-5-9(8)17(15,16)14-7-10(11)12/h2-5,10,13-14H,6-7H2,1H3. The first-order valence-electron chi connectivity index (χ1n) is 4.97. The summed E-state index contributed by atoms with van der Waals surface area (Å²) < 4.78 is 49.4. The highest BCUT2D eigenvalue weighted by Gasteiger charge is 2.18. The number of nitrogens with one attached hydrogen (secondary N) is 2. The summed E-state index contributed by atoms with van der Waals surface area (Å²) in [5, 5.41) is 2.82. The summed E-state index contributed by atoms with van der Waals surface area (Å²) in [5.74, 6) is 0. The van der Waals surface area contributed by atoms with Crippen molar-refractivity contribution in [2.45, 2.75) is 17.9 Å². The van der Waals surface area contributed by atoms with Crippen molar-refractivity contribution in [3.05, 3.63) is 29.8 Å². The average molecular weight is 264 g/mol. The Kier molecular flexibility index (Phi) is 4.98. The zero-order valence-corrected chi connectivity index (χ0v) is 10.1. The van der Waals surface area contributed by atoms with Crippen LogP contribution in [0.1, 0.15) is 5.56 Å². The third-order valence-corrected chi connectivity index (χ3v) is 3.58. The molecule has 0 radical (unpaired) electrons. The van der Waals surface area contributed by atoms with E-state index < -0.39 is 23.0 Å². The first-order chi connectivity index (χ1) is 7.97. The molecular weight excluding hydrogens is 250 g/mol. The second-order valence-corrected chi connectivity index (χ2v) is 5.12. The summed E-state index contributed by atoms with van der Waals surface area (Å²) >= 11 is 0. The zero-order valence-electron chi connectivity index (χ0n) is 9.28. The van der Waals surface area contributed by atoms with Crippen LogP contribution in [-0.2, 0) is 16.6 Å². The largest absolute Gasteiger partial charge is 0.316 e. The summed E-state index contributed by atoms with van der Waals surface area (Å²) in [5.41, 5.74) is 0.539. The lowest BCUT2D eigenvalue weighted by molar-refractivity contribution is 0.153. The number of benzene rings is 1. The molecule has 0 atom stereocenters. The minimum Gasteiger partial charge on any atom is -0.316 e. The number of sulfonamides is 1. The van der Waals surface area contributed by atoms with Crippen LogP contribution in [0, 0.1) is 0 Å². The molecular formula is C10H14F2N2O2S. The van der Waals surface area contributed by atoms with Crippen molar-refractivity contribution in [1.82, 2.24) is 10.0 Å². The predicted octanol–water partition coefficient (Wildman–Crippen LogP) is 0.949. The maximum Gasteiger partial charge on any atom is 0.251 e. The normalized spacial score (nSPS) is 12.0. The molecule has 17 heavy (non-hydrogen) atoms. The second-order valence-electron chi connectivity index (χ2n) is 3.38. The minimum absolute atomic E-state index is 0.0231. The first kappa shape index (κ1) is 14.0. The fourth-order valence-corrected chi connectivity index (χ4v) is 2.60. The number of alkyl halides is 2. The van der Waals surface area contributed by atoms with Gasteiger partial charge in [-0.2, -0.15) is 0 Å². The van der Waals surface area contributed by atoms with E-state index in [1.54, 1.807) is 25.2 Å². The van der Waals surface area contributed by atoms with Crippen LogP contribution >= 0.6 is 0 Å². The molecule has 0 aromatic heterocycles. The van der Waals surface area contributed by atoms with Crippen molar-refractivity contribution < 1.29 is 17.2 Å². The van der Waals surface area contributed by atoms with Gasteiger partial charge < -0.3 is 5.32 Å². The van der Waals surface area contributed by atoms with E-state index in [1.165, 1.54) is 6.07 Å². The van der Waals surface area contributed by atoms with Crippen LogP contribution in [0.4, 0.5) is 8.78 Å². The van der Waals surface area contributed by atoms with Gasteiger partial charge in [0.05, 0.1) is 11.4 Å². The fraction of sp³-hybridized carbons (Fsp3) is 0.400. The average Bonchev–Trinajstić information content (AvgIpc) is 2.28. The quantitative estimate of drug-likeness (QED) is 0.804. The Morgan fingerprint density at radius 2 is 1.94 bits per heavy atom. The number of hydrogen-bond acceptors (Lipinski definition) is 3. The Balaban J connectivity index is 2.97. The van der Waals surface area contributed by atoms with Crippen LogP contribution in [0.25, 0.3) is 0 Å². The van der Waals surface area contributed by atoms with Gasteiger partial charge in [-0.1, -0.05) is 18.2 Å². The van der Waals surface area contributed by atoms with E-state index in [9.17, 15) is 17.2 Å². The molecule has 0 aliphatic carbocycles. The van der Waals surface area contributed by atoms with E-state index in [-0.39, 0.29) is 4.90 Å². The van der Waals surface area contributed by atoms with Crippen molar-refractivity contribution in [3.8, 4) is 0 Å². The fourth-order valence-electron chi connectivity index (χ4n) is 1.35. The molecule has 0 bridgehead atoms. The highest BCUT2D eigenvalue weighted by molar-refractivity contribution is 7.89. The van der Waals surface area contributed by atoms with Crippen LogP contribution < -0.4 is 10.0 Å². The Labute approximate surface area is 99.1 Å². The third-order valence-electron chi connectivity index (χ3n) is 2.06. The molecule has 96 valence electrons. The van der Waals surface area contributed by atoms with Crippen LogP contribution in [0.2, 0.25) is 0 Å². The first-order valence-corrected chi connectivity index (χ1v) is 6.46. The Morgan fingerprint density at radius 1 is 1.29 bits per heavy atom. The molecule has 2 N–H and O–H groups in total. The molecule has 0 unspecified atom stereocenters. The zero-order chi connectivity index (χ0) is 12.9. The monoisotopic (exact) mass is 264 g/mol. The minimum atomic E-state index is -3.88. The molecule has 1 aromatic carbocycles. The molecule has 1 aromatic rings. The van der Waals surface area contributed by atoms with Crippen molar-refractivity contribution in [2.24, 2.45) is 0 Å². The molecule has 7 heteroatoms. The Morgan fingerprint density at radius 3 is 2.53 bits per heavy atom. The van der Waals surface area contributed by atoms with Crippen LogP contribution in [0.15, 0.2) is 29.2 Å². The van der Waals surface area contributed by atoms with Crippen molar-refractivity contribution in [3.63, 3.8) is 0 Å². The van der Waals surface area contributed by atoms with E-state index >= 15 is 0 Å². The van der Waals surface area contributed by atoms with Gasteiger partial charge in [0.15, 0.2) is 0 Å². The number of hydrogen-bond donors (Lipinski definition) is 2. The van der Waals surface area contributed by atoms with Gasteiger partial charge in [-0.15, -0.1) is 0 Å². The highest BCUT2D eigenvalue weighted by Crippen LogP contribution is 2.15. The predicted molar refractivity (Wildman–Crippen MR) is 60.4 cm³/mol. The lowest BCUT2D eigenvalue weighted by atomic mass is 10.2. The van der Waals surface area contributed by atoms with Crippen molar-refractivity contribution in [2.75, 3.05) is 13.6 Å². The summed E-state index contributed by atoms with van der Waals surface area (Å²) in [6.07, 6.45) is -2.71. The van der Waals surface area contributed by atoms with Crippen molar-refractivity contribution >= 4 is 10.0 Å². The topological polar surface area (TPSA) is 58.2 Å². The van der Waals surface area contributed by atoms with Crippen molar-refractivity contribution in [1.29, 1.82) is 0 Å². The maximum absolute atomic E-state index is 12.0. The Bertz CT molecular complexity index is 463. The van der Waals surface area contributed by atoms with Gasteiger partial charge in [0, 0.05) is 6.54 Å². The molecule has 0 saturated heterocycles. The van der Waals surface area contributed by atoms with Gasteiger partial charge in [0.25, 0.3) is 6.43 Å². The molecule has 4 nitrogen and oxygen atoms in total. The van der Waals surface area contributed by atoms with Crippen LogP contribution in [0.5, 0.6) is 0 Å². The molecule has 0 amide bonds. The van der Waals surface area contributed by atoms with E-state index in [0.29, 0.717) is 12.1 Å². The lowest BCUT2D eigenvalue weighted by Crippen LogP contribution is -2.29. The van der Waals surface area contributed by atoms with E-state index in [2.05, 4.69) is 5.32 Å². The molecule has 0 fully saturated rings. The molecule has 0 saturated carbocycles. The van der Waals surface area contributed by atoms with Crippen LogP contribution in [0.3, 0.4) is 0 Å². The summed E-state index contributed by atoms with van der Waals surface area (Å²) in [6, 6.07) is 6.27. The number of halogens is 2. The number of rotatable bonds is 6. The Hall–Kier alpha value is -1.05. The molecule has 0 spiro atoms. The van der Waals surface area contributed by atoms with Gasteiger partial charge in [-0.05, 0) is 18.7 Å². The third kappa shape index (κ3) is 4.03. The van der Waals surface area contributed by atoms with Gasteiger partial charge >= 0.3 is 0 Å². The molecule has 1 rings (SSSR count). The van der Waals surface area contributed by atoms with Gasteiger partial charge in [0.1, 0.15) is 0 Å². The molecule has 0 aliphatic rings. The second kappa shape index (κ2) is 6.04. The van der Waals surface area contributed by atoms with E-state index in [4.69, 9.17) is 0 Å². The SMILES string of the molecule is CNCc1ccccc1S(=O)(=O)NCC(F)F. The summed E-state index contributed by atoms with van der Waals surface area (Å²) in [6.45, 7) is -0.526. The smallest absolute Gasteiger partial charge is 0.251 e. The summed E-state index contributed by atoms with van der Waals surface area (Å²) in [4.78, 5) is 0.0231. The van der Waals surface area contributed by atoms with E-state index in [0.717, 1.165) is 0 Å². The van der Waals surface area contributed by atoms with Gasteiger partial charge in [-0.25, -0.2) is 21.9 Å². The lowest BCUT2D eigenvalue weighted by Gasteiger charge is -2.10.